The predicted molar refractivity (Wildman–Crippen MR) is 67.1 cm³/mol. The molecular weight excluding hydrogens is 322 g/mol. The Morgan fingerprint density at radius 3 is 3.00 bits per heavy atom. The van der Waals surface area contributed by atoms with Crippen molar-refractivity contribution < 1.29 is 14.1 Å². The maximum absolute atomic E-state index is 11.1. The van der Waals surface area contributed by atoms with E-state index in [0.29, 0.717) is 11.7 Å². The van der Waals surface area contributed by atoms with Gasteiger partial charge in [0.15, 0.2) is 0 Å². The molecule has 0 saturated carbocycles. The number of alkyl carbamates (subject to hydrolysis) is 1. The number of nitrogens with zero attached hydrogens (tertiary/aromatic N) is 2. The fraction of sp³-hybridized carbons (Fsp3) is 0.300. The van der Waals surface area contributed by atoms with Crippen molar-refractivity contribution in [1.29, 1.82) is 0 Å². The molecule has 2 atom stereocenters. The summed E-state index contributed by atoms with van der Waals surface area (Å²) in [5, 5.41) is 8.47. The molecule has 2 unspecified atom stereocenters. The van der Waals surface area contributed by atoms with Crippen LogP contribution in [0.5, 0.6) is 0 Å². The van der Waals surface area contributed by atoms with Crippen LogP contribution in [0.3, 0.4) is 0 Å². The number of nitrogens with one attached hydrogen (secondary N) is 1. The number of hydrogen-bond acceptors (Lipinski definition) is 6. The highest BCUT2D eigenvalue weighted by Gasteiger charge is 2.36. The van der Waals surface area contributed by atoms with Crippen LogP contribution in [0.25, 0.3) is 10.7 Å². The van der Waals surface area contributed by atoms with Gasteiger partial charge in [-0.25, -0.2) is 4.79 Å². The first-order valence-electron chi connectivity index (χ1n) is 5.18. The smallest absolute Gasteiger partial charge is 0.408 e. The zero-order valence-corrected chi connectivity index (χ0v) is 11.6. The van der Waals surface area contributed by atoms with Crippen LogP contribution in [-0.4, -0.2) is 22.3 Å². The molecule has 0 aliphatic carbocycles. The zero-order chi connectivity index (χ0) is 12.7. The van der Waals surface area contributed by atoms with Crippen molar-refractivity contribution in [3.8, 4) is 10.7 Å². The summed E-state index contributed by atoms with van der Waals surface area (Å²) in [6.45, 7) is 1.77. The summed E-state index contributed by atoms with van der Waals surface area (Å²) in [6.07, 6.45) is -0.785. The van der Waals surface area contributed by atoms with Crippen LogP contribution in [0, 0.1) is 0 Å². The summed E-state index contributed by atoms with van der Waals surface area (Å²) in [5.74, 6) is 0.863. The third-order valence-electron chi connectivity index (χ3n) is 2.53. The molecule has 3 heterocycles. The number of carbonyl (C=O) groups is 1. The van der Waals surface area contributed by atoms with Crippen LogP contribution in [0.4, 0.5) is 4.79 Å². The lowest BCUT2D eigenvalue weighted by Gasteiger charge is -2.05. The predicted octanol–water partition coefficient (Wildman–Crippen LogP) is 2.73. The lowest BCUT2D eigenvalue weighted by molar-refractivity contribution is 0.137. The molecule has 0 spiro atoms. The monoisotopic (exact) mass is 329 g/mol. The number of halogens is 1. The third-order valence-corrected chi connectivity index (χ3v) is 4.22. The van der Waals surface area contributed by atoms with Crippen LogP contribution in [0.15, 0.2) is 20.4 Å². The van der Waals surface area contributed by atoms with Gasteiger partial charge in [0.1, 0.15) is 12.1 Å². The van der Waals surface area contributed by atoms with Gasteiger partial charge in [-0.1, -0.05) is 5.16 Å². The molecule has 0 bridgehead atoms. The highest BCUT2D eigenvalue weighted by molar-refractivity contribution is 9.10. The number of hydrogen-bond donors (Lipinski definition) is 1. The van der Waals surface area contributed by atoms with Crippen molar-refractivity contribution in [3.05, 3.63) is 21.8 Å². The van der Waals surface area contributed by atoms with Crippen LogP contribution in [-0.2, 0) is 4.74 Å². The molecule has 1 amide bonds. The summed E-state index contributed by atoms with van der Waals surface area (Å²) < 4.78 is 11.1. The van der Waals surface area contributed by atoms with Gasteiger partial charge >= 0.3 is 6.09 Å². The summed E-state index contributed by atoms with van der Waals surface area (Å²) in [7, 11) is 0. The minimum Gasteiger partial charge on any atom is -0.444 e. The van der Waals surface area contributed by atoms with Gasteiger partial charge in [-0.15, -0.1) is 11.3 Å². The summed E-state index contributed by atoms with van der Waals surface area (Å²) in [6, 6.07) is 1.52. The average Bonchev–Trinajstić information content (AvgIpc) is 2.98. The summed E-state index contributed by atoms with van der Waals surface area (Å²) in [5.41, 5.74) is 0. The second-order valence-corrected chi connectivity index (χ2v) is 5.64. The van der Waals surface area contributed by atoms with E-state index < -0.39 is 6.09 Å². The van der Waals surface area contributed by atoms with E-state index in [9.17, 15) is 4.79 Å². The van der Waals surface area contributed by atoms with Gasteiger partial charge in [-0.05, 0) is 28.9 Å². The largest absolute Gasteiger partial charge is 0.444 e. The van der Waals surface area contributed by atoms with Crippen LogP contribution in [0.1, 0.15) is 18.9 Å². The molecule has 2 aromatic rings. The lowest BCUT2D eigenvalue weighted by atomic mass is 10.2. The Bertz CT molecular complexity index is 597. The molecule has 8 heteroatoms. The van der Waals surface area contributed by atoms with Gasteiger partial charge in [-0.3, -0.25) is 0 Å². The SMILES string of the molecule is CC1OC(=O)NC1c1nc(-c2cc(Br)cs2)no1. The Kier molecular flexibility index (Phi) is 2.83. The van der Waals surface area contributed by atoms with Gasteiger partial charge in [0.05, 0.1) is 4.88 Å². The molecule has 1 aliphatic rings. The van der Waals surface area contributed by atoms with Crippen LogP contribution < -0.4 is 5.32 Å². The molecule has 2 aromatic heterocycles. The third kappa shape index (κ3) is 2.01. The first-order chi connectivity index (χ1) is 8.63. The number of rotatable bonds is 2. The van der Waals surface area contributed by atoms with Gasteiger partial charge < -0.3 is 14.6 Å². The maximum Gasteiger partial charge on any atom is 0.408 e. The average molecular weight is 330 g/mol. The molecule has 1 N–H and O–H groups in total. The normalized spacial score (nSPS) is 22.9. The Balaban J connectivity index is 1.88. The van der Waals surface area contributed by atoms with E-state index in [4.69, 9.17) is 9.26 Å². The molecule has 1 aliphatic heterocycles. The minimum atomic E-state index is -0.467. The van der Waals surface area contributed by atoms with Gasteiger partial charge in [-0.2, -0.15) is 4.98 Å². The van der Waals surface area contributed by atoms with E-state index in [-0.39, 0.29) is 12.1 Å². The van der Waals surface area contributed by atoms with E-state index in [1.54, 1.807) is 6.92 Å². The van der Waals surface area contributed by atoms with Gasteiger partial charge in [0.25, 0.3) is 5.89 Å². The van der Waals surface area contributed by atoms with Crippen LogP contribution in [0.2, 0.25) is 0 Å². The molecule has 1 fully saturated rings. The van der Waals surface area contributed by atoms with Crippen molar-refractivity contribution in [2.24, 2.45) is 0 Å². The Labute approximate surface area is 114 Å². The lowest BCUT2D eigenvalue weighted by Crippen LogP contribution is -2.21. The summed E-state index contributed by atoms with van der Waals surface area (Å²) >= 11 is 4.88. The number of carbonyl (C=O) groups excluding carboxylic acids is 1. The van der Waals surface area contributed by atoms with E-state index >= 15 is 0 Å². The maximum atomic E-state index is 11.1. The second kappa shape index (κ2) is 4.36. The summed E-state index contributed by atoms with van der Waals surface area (Å²) in [4.78, 5) is 16.3. The van der Waals surface area contributed by atoms with E-state index in [1.807, 2.05) is 11.4 Å². The number of thiophene rings is 1. The van der Waals surface area contributed by atoms with E-state index in [1.165, 1.54) is 11.3 Å². The Morgan fingerprint density at radius 2 is 2.39 bits per heavy atom. The first kappa shape index (κ1) is 11.7. The van der Waals surface area contributed by atoms with Crippen molar-refractivity contribution in [2.45, 2.75) is 19.1 Å². The molecule has 1 saturated heterocycles. The fourth-order valence-corrected chi connectivity index (χ4v) is 3.02. The number of ether oxygens (including phenoxy) is 1. The topological polar surface area (TPSA) is 77.2 Å². The van der Waals surface area contributed by atoms with E-state index in [0.717, 1.165) is 9.35 Å². The molecule has 94 valence electrons. The molecule has 6 nitrogen and oxygen atoms in total. The van der Waals surface area contributed by atoms with Gasteiger partial charge in [0.2, 0.25) is 5.82 Å². The second-order valence-electron chi connectivity index (χ2n) is 3.82. The number of cyclic esters (lactones) is 1. The molecule has 0 radical (unpaired) electrons. The van der Waals surface area contributed by atoms with Crippen molar-refractivity contribution >= 4 is 33.4 Å². The first-order valence-corrected chi connectivity index (χ1v) is 6.86. The number of aromatic nitrogens is 2. The molecule has 3 rings (SSSR count). The quantitative estimate of drug-likeness (QED) is 0.916. The van der Waals surface area contributed by atoms with Crippen molar-refractivity contribution in [3.63, 3.8) is 0 Å². The Morgan fingerprint density at radius 1 is 1.56 bits per heavy atom. The standard InChI is InChI=1S/C10H8BrN3O3S/c1-4-7(12-10(15)16-4)9-13-8(14-17-9)6-2-5(11)3-18-6/h2-4,7H,1H3,(H,12,15). The van der Waals surface area contributed by atoms with E-state index in [2.05, 4.69) is 31.4 Å². The number of amides is 1. The molecule has 0 aromatic carbocycles. The Hall–Kier alpha value is -1.41. The van der Waals surface area contributed by atoms with Crippen molar-refractivity contribution in [1.82, 2.24) is 15.5 Å². The highest BCUT2D eigenvalue weighted by Crippen LogP contribution is 2.30. The minimum absolute atomic E-state index is 0.319. The zero-order valence-electron chi connectivity index (χ0n) is 9.21. The fourth-order valence-electron chi connectivity index (χ4n) is 1.67. The molecular formula is C10H8BrN3O3S. The molecule has 18 heavy (non-hydrogen) atoms. The van der Waals surface area contributed by atoms with Crippen molar-refractivity contribution in [2.75, 3.05) is 0 Å². The van der Waals surface area contributed by atoms with Gasteiger partial charge in [0, 0.05) is 9.85 Å². The highest BCUT2D eigenvalue weighted by atomic mass is 79.9. The van der Waals surface area contributed by atoms with Crippen LogP contribution >= 0.6 is 27.3 Å².